The molecule has 2 aliphatic rings. The topological polar surface area (TPSA) is 78.5 Å². The van der Waals surface area contributed by atoms with Crippen LogP contribution in [0.15, 0.2) is 68.6 Å². The lowest BCUT2D eigenvalue weighted by Crippen LogP contribution is -2.20. The molecule has 0 aromatic heterocycles. The minimum absolute atomic E-state index is 0.0426. The van der Waals surface area contributed by atoms with E-state index in [0.717, 1.165) is 0 Å². The van der Waals surface area contributed by atoms with Gasteiger partial charge in [0.05, 0.1) is 12.1 Å². The zero-order valence-electron chi connectivity index (χ0n) is 15.4. The molecule has 0 amide bonds. The summed E-state index contributed by atoms with van der Waals surface area (Å²) >= 11 is 0. The van der Waals surface area contributed by atoms with E-state index in [4.69, 9.17) is 9.15 Å². The second-order valence-corrected chi connectivity index (χ2v) is 6.32. The molecule has 2 aromatic carbocycles. The van der Waals surface area contributed by atoms with Crippen LogP contribution < -0.4 is 10.9 Å². The first-order chi connectivity index (χ1) is 13.5. The number of hydrogen-bond acceptors (Lipinski definition) is 5. The molecule has 6 heteroatoms. The van der Waals surface area contributed by atoms with Crippen LogP contribution in [0.5, 0.6) is 0 Å². The minimum atomic E-state index is -0.527. The average Bonchev–Trinajstić information content (AvgIpc) is 2.70. The minimum Gasteiger partial charge on any atom is -0.463 e. The number of nitrogens with zero attached hydrogens (tertiary/aromatic N) is 1. The van der Waals surface area contributed by atoms with E-state index in [1.165, 1.54) is 6.08 Å². The number of allylic oxidation sites excluding steroid dienone is 1. The van der Waals surface area contributed by atoms with Crippen LogP contribution in [0, 0.1) is 10.8 Å². The second kappa shape index (κ2) is 6.81. The normalized spacial score (nSPS) is 12.0. The van der Waals surface area contributed by atoms with Gasteiger partial charge >= 0.3 is 5.97 Å². The monoisotopic (exact) mass is 375 g/mol. The number of para-hydroxylation sites is 2. The highest BCUT2D eigenvalue weighted by atomic mass is 16.5. The molecule has 140 valence electrons. The molecule has 1 heterocycles. The summed E-state index contributed by atoms with van der Waals surface area (Å²) in [6, 6.07) is 13.7. The molecule has 0 saturated heterocycles. The van der Waals surface area contributed by atoms with Crippen molar-refractivity contribution in [2.75, 3.05) is 6.61 Å². The van der Waals surface area contributed by atoms with Crippen LogP contribution in [-0.2, 0) is 9.53 Å². The fourth-order valence-electron chi connectivity index (χ4n) is 3.38. The number of fused-ring (bicyclic) bond motifs is 2. The van der Waals surface area contributed by atoms with Gasteiger partial charge in [-0.3, -0.25) is 9.59 Å². The fourth-order valence-corrected chi connectivity index (χ4v) is 3.38. The van der Waals surface area contributed by atoms with Gasteiger partial charge in [0.15, 0.2) is 5.58 Å². The predicted molar refractivity (Wildman–Crippen MR) is 106 cm³/mol. The number of ether oxygens (including phenoxy) is 1. The number of hydrogen-bond donors (Lipinski definition) is 0. The van der Waals surface area contributed by atoms with E-state index >= 15 is 0 Å². The van der Waals surface area contributed by atoms with Crippen molar-refractivity contribution in [3.05, 3.63) is 85.8 Å². The molecular weight excluding hydrogens is 358 g/mol. The molecule has 0 radical (unpaired) electrons. The van der Waals surface area contributed by atoms with E-state index in [1.807, 2.05) is 0 Å². The largest absolute Gasteiger partial charge is 0.463 e. The first-order valence-corrected chi connectivity index (χ1v) is 8.87. The fraction of sp³-hybridized carbons (Fsp3) is 0.136. The summed E-state index contributed by atoms with van der Waals surface area (Å²) < 4.78 is 12.4. The number of rotatable bonds is 3. The van der Waals surface area contributed by atoms with Crippen LogP contribution in [-0.4, -0.2) is 17.1 Å². The van der Waals surface area contributed by atoms with Gasteiger partial charge in [-0.25, -0.2) is 4.79 Å². The van der Waals surface area contributed by atoms with Crippen LogP contribution in [0.1, 0.15) is 13.8 Å². The number of carbonyl (C=O) groups excluding carboxylic acids is 1. The Morgan fingerprint density at radius 2 is 1.68 bits per heavy atom. The van der Waals surface area contributed by atoms with Gasteiger partial charge < -0.3 is 13.7 Å². The quantitative estimate of drug-likeness (QED) is 0.406. The molecule has 28 heavy (non-hydrogen) atoms. The molecule has 0 atom stereocenters. The second-order valence-electron chi connectivity index (χ2n) is 6.32. The van der Waals surface area contributed by atoms with Gasteiger partial charge in [0.25, 0.3) is 0 Å². The summed E-state index contributed by atoms with van der Waals surface area (Å²) in [5.41, 5.74) is 0.699. The van der Waals surface area contributed by atoms with Crippen LogP contribution in [0.3, 0.4) is 0 Å². The third-order valence-corrected chi connectivity index (χ3v) is 4.56. The van der Waals surface area contributed by atoms with Crippen LogP contribution >= 0.6 is 0 Å². The lowest BCUT2D eigenvalue weighted by Gasteiger charge is -2.13. The standard InChI is InChI=1S/C22H17NO5/c1-3-27-18(24)12-13(2)23-16-10-6-7-11-17(16)28-22-19(23)20(25)14-8-4-5-9-15(14)21(22)26/h4-12H,3H2,1-2H3/b13-12-. The van der Waals surface area contributed by atoms with E-state index < -0.39 is 5.97 Å². The molecule has 1 aliphatic heterocycles. The molecule has 0 fully saturated rings. The van der Waals surface area contributed by atoms with Gasteiger partial charge in [0.1, 0.15) is 5.35 Å². The van der Waals surface area contributed by atoms with Crippen molar-refractivity contribution in [1.82, 2.24) is 4.57 Å². The van der Waals surface area contributed by atoms with Gasteiger partial charge in [0, 0.05) is 22.5 Å². The molecule has 4 rings (SSSR count). The summed E-state index contributed by atoms with van der Waals surface area (Å²) in [6.45, 7) is 3.63. The number of aromatic nitrogens is 1. The highest BCUT2D eigenvalue weighted by molar-refractivity contribution is 5.89. The Morgan fingerprint density at radius 3 is 2.39 bits per heavy atom. The molecule has 0 bridgehead atoms. The van der Waals surface area contributed by atoms with E-state index in [9.17, 15) is 14.4 Å². The molecule has 6 nitrogen and oxygen atoms in total. The highest BCUT2D eigenvalue weighted by Crippen LogP contribution is 2.20. The number of benzene rings is 2. The van der Waals surface area contributed by atoms with E-state index in [0.29, 0.717) is 27.6 Å². The summed E-state index contributed by atoms with van der Waals surface area (Å²) in [7, 11) is 0. The Morgan fingerprint density at radius 1 is 1.04 bits per heavy atom. The van der Waals surface area contributed by atoms with E-state index in [2.05, 4.69) is 0 Å². The van der Waals surface area contributed by atoms with E-state index in [-0.39, 0.29) is 28.2 Å². The third kappa shape index (κ3) is 2.70. The Balaban J connectivity index is 2.28. The first-order valence-electron chi connectivity index (χ1n) is 8.87. The van der Waals surface area contributed by atoms with Crippen molar-refractivity contribution >= 4 is 33.5 Å². The van der Waals surface area contributed by atoms with Crippen molar-refractivity contribution in [2.24, 2.45) is 0 Å². The summed E-state index contributed by atoms with van der Waals surface area (Å²) in [4.78, 5) is 38.3. The Hall–Kier alpha value is -3.67. The predicted octanol–water partition coefficient (Wildman–Crippen LogP) is 3.26. The van der Waals surface area contributed by atoms with E-state index in [1.54, 1.807) is 66.9 Å². The van der Waals surface area contributed by atoms with Gasteiger partial charge in [-0.2, -0.15) is 0 Å². The molecule has 0 N–H and O–H groups in total. The molecule has 1 aliphatic carbocycles. The zero-order valence-corrected chi connectivity index (χ0v) is 15.4. The van der Waals surface area contributed by atoms with Crippen LogP contribution in [0.25, 0.3) is 27.6 Å². The average molecular weight is 375 g/mol. The summed E-state index contributed by atoms with van der Waals surface area (Å²) in [5.74, 6) is -0.527. The zero-order chi connectivity index (χ0) is 19.8. The Bertz CT molecular complexity index is 1440. The maximum atomic E-state index is 13.3. The molecule has 0 spiro atoms. The summed E-state index contributed by atoms with van der Waals surface area (Å²) in [6.07, 6.45) is 1.30. The number of esters is 1. The molecule has 0 saturated carbocycles. The van der Waals surface area contributed by atoms with Crippen molar-refractivity contribution < 1.29 is 13.9 Å². The molecular formula is C22H17NO5. The van der Waals surface area contributed by atoms with Crippen molar-refractivity contribution in [2.45, 2.75) is 13.8 Å². The van der Waals surface area contributed by atoms with Crippen molar-refractivity contribution in [3.8, 4) is 0 Å². The van der Waals surface area contributed by atoms with Crippen molar-refractivity contribution in [3.63, 3.8) is 0 Å². The Kier molecular flexibility index (Phi) is 4.31. The smallest absolute Gasteiger partial charge is 0.332 e. The third-order valence-electron chi connectivity index (χ3n) is 4.56. The SMILES string of the molecule is CCOC(=O)/C=C(/C)n1c2c(=O)c3ccccc3c(=O)c=2oc2ccccc21. The molecule has 2 aromatic rings. The molecule has 0 unspecified atom stereocenters. The lowest BCUT2D eigenvalue weighted by molar-refractivity contribution is -0.137. The van der Waals surface area contributed by atoms with Crippen molar-refractivity contribution in [1.29, 1.82) is 0 Å². The maximum Gasteiger partial charge on any atom is 0.332 e. The van der Waals surface area contributed by atoms with Crippen LogP contribution in [0.4, 0.5) is 0 Å². The summed E-state index contributed by atoms with van der Waals surface area (Å²) in [5, 5.41) is 0.709. The van der Waals surface area contributed by atoms with Gasteiger partial charge in [0.2, 0.25) is 16.3 Å². The number of carbonyl (C=O) groups is 1. The van der Waals surface area contributed by atoms with Crippen LogP contribution in [0.2, 0.25) is 0 Å². The van der Waals surface area contributed by atoms with Gasteiger partial charge in [-0.05, 0) is 26.0 Å². The Labute approximate surface area is 158 Å². The van der Waals surface area contributed by atoms with Gasteiger partial charge in [-0.1, -0.05) is 36.4 Å². The van der Waals surface area contributed by atoms with Gasteiger partial charge in [-0.15, -0.1) is 0 Å². The highest BCUT2D eigenvalue weighted by Gasteiger charge is 2.16. The lowest BCUT2D eigenvalue weighted by atomic mass is 10.1. The first kappa shape index (κ1) is 17.7. The maximum absolute atomic E-state index is 13.3.